The predicted octanol–water partition coefficient (Wildman–Crippen LogP) is 2.26. The third-order valence-corrected chi connectivity index (χ3v) is 3.93. The average molecular weight is 418 g/mol. The van der Waals surface area contributed by atoms with E-state index < -0.39 is 36.0 Å². The van der Waals surface area contributed by atoms with Gasteiger partial charge in [-0.15, -0.1) is 0 Å². The van der Waals surface area contributed by atoms with Crippen molar-refractivity contribution in [1.29, 1.82) is 0 Å². The van der Waals surface area contributed by atoms with Gasteiger partial charge in [-0.05, 0) is 37.5 Å². The SMILES string of the molecule is CC(C)C[C@H](NC(=O)c1ccc(Cl)cc1Cl)C(=O)O[C@H](C)C(=O)NC(N)=O. The Morgan fingerprint density at radius 3 is 2.30 bits per heavy atom. The summed E-state index contributed by atoms with van der Waals surface area (Å²) in [5, 5.41) is 4.85. The quantitative estimate of drug-likeness (QED) is 0.586. The van der Waals surface area contributed by atoms with Crippen LogP contribution in [-0.4, -0.2) is 36.0 Å². The van der Waals surface area contributed by atoms with Crippen molar-refractivity contribution in [2.45, 2.75) is 39.3 Å². The molecule has 1 rings (SSSR count). The lowest BCUT2D eigenvalue weighted by molar-refractivity contribution is -0.156. The van der Waals surface area contributed by atoms with Gasteiger partial charge < -0.3 is 15.8 Å². The molecule has 0 aliphatic heterocycles. The molecule has 4 amide bonds. The summed E-state index contributed by atoms with van der Waals surface area (Å²) in [5.74, 6) is -2.24. The summed E-state index contributed by atoms with van der Waals surface area (Å²) in [6.45, 7) is 4.98. The lowest BCUT2D eigenvalue weighted by Gasteiger charge is -2.21. The second-order valence-electron chi connectivity index (χ2n) is 6.21. The van der Waals surface area contributed by atoms with Gasteiger partial charge in [0.25, 0.3) is 11.8 Å². The minimum atomic E-state index is -1.27. The molecule has 2 atom stereocenters. The Kier molecular flexibility index (Phi) is 8.52. The molecule has 0 radical (unpaired) electrons. The number of hydrogen-bond donors (Lipinski definition) is 3. The molecule has 0 aromatic heterocycles. The molecule has 0 bridgehead atoms. The van der Waals surface area contributed by atoms with Crippen molar-refractivity contribution in [2.24, 2.45) is 11.7 Å². The van der Waals surface area contributed by atoms with Crippen LogP contribution < -0.4 is 16.4 Å². The lowest BCUT2D eigenvalue weighted by Crippen LogP contribution is -2.47. The number of halogens is 2. The van der Waals surface area contributed by atoms with Crippen LogP contribution >= 0.6 is 23.2 Å². The fourth-order valence-electron chi connectivity index (χ4n) is 2.13. The van der Waals surface area contributed by atoms with Gasteiger partial charge in [0.1, 0.15) is 6.04 Å². The van der Waals surface area contributed by atoms with Crippen molar-refractivity contribution in [3.05, 3.63) is 33.8 Å². The summed E-state index contributed by atoms with van der Waals surface area (Å²) in [5.41, 5.74) is 4.99. The monoisotopic (exact) mass is 417 g/mol. The fraction of sp³-hybridized carbons (Fsp3) is 0.412. The van der Waals surface area contributed by atoms with Crippen LogP contribution in [0.4, 0.5) is 4.79 Å². The van der Waals surface area contributed by atoms with Crippen LogP contribution in [0, 0.1) is 5.92 Å². The van der Waals surface area contributed by atoms with Crippen LogP contribution in [-0.2, 0) is 14.3 Å². The molecule has 0 saturated heterocycles. The molecule has 0 fully saturated rings. The number of carbonyl (C=O) groups is 4. The summed E-state index contributed by atoms with van der Waals surface area (Å²) in [6, 6.07) is 2.25. The molecule has 0 heterocycles. The second-order valence-corrected chi connectivity index (χ2v) is 7.06. The minimum Gasteiger partial charge on any atom is -0.451 e. The minimum absolute atomic E-state index is 0.0401. The number of hydrogen-bond acceptors (Lipinski definition) is 5. The van der Waals surface area contributed by atoms with Crippen molar-refractivity contribution in [3.8, 4) is 0 Å². The van der Waals surface area contributed by atoms with Crippen LogP contribution in [0.15, 0.2) is 18.2 Å². The number of imide groups is 1. The van der Waals surface area contributed by atoms with Crippen LogP contribution in [0.3, 0.4) is 0 Å². The highest BCUT2D eigenvalue weighted by Crippen LogP contribution is 2.21. The van der Waals surface area contributed by atoms with E-state index in [0.29, 0.717) is 5.02 Å². The van der Waals surface area contributed by atoms with Gasteiger partial charge >= 0.3 is 12.0 Å². The van der Waals surface area contributed by atoms with E-state index in [1.54, 1.807) is 0 Å². The Bertz CT molecular complexity index is 739. The number of urea groups is 1. The first-order valence-corrected chi connectivity index (χ1v) is 8.83. The van der Waals surface area contributed by atoms with Crippen LogP contribution in [0.1, 0.15) is 37.6 Å². The van der Waals surface area contributed by atoms with E-state index in [0.717, 1.165) is 0 Å². The fourth-order valence-corrected chi connectivity index (χ4v) is 2.62. The van der Waals surface area contributed by atoms with E-state index >= 15 is 0 Å². The maximum Gasteiger partial charge on any atom is 0.329 e. The highest BCUT2D eigenvalue weighted by Gasteiger charge is 2.28. The molecule has 1 aromatic rings. The number of carbonyl (C=O) groups excluding carboxylic acids is 4. The maximum absolute atomic E-state index is 12.5. The zero-order valence-electron chi connectivity index (χ0n) is 15.0. The van der Waals surface area contributed by atoms with Gasteiger partial charge in [-0.3, -0.25) is 14.9 Å². The van der Waals surface area contributed by atoms with Crippen molar-refractivity contribution in [1.82, 2.24) is 10.6 Å². The van der Waals surface area contributed by atoms with E-state index in [1.807, 2.05) is 19.2 Å². The normalized spacial score (nSPS) is 12.8. The standard InChI is InChI=1S/C17H21Cl2N3O5/c1-8(2)6-13(16(25)27-9(3)14(23)22-17(20)26)21-15(24)11-5-4-10(18)7-12(11)19/h4-5,7-9,13H,6H2,1-3H3,(H,21,24)(H3,20,22,23,26)/t9-,13+/m1/s1. The molecule has 0 unspecified atom stereocenters. The first-order chi connectivity index (χ1) is 12.5. The van der Waals surface area contributed by atoms with Gasteiger partial charge in [-0.25, -0.2) is 9.59 Å². The number of esters is 1. The topological polar surface area (TPSA) is 128 Å². The molecule has 1 aromatic carbocycles. The zero-order chi connectivity index (χ0) is 20.7. The number of amides is 4. The summed E-state index contributed by atoms with van der Waals surface area (Å²) in [6.07, 6.45) is -1.00. The van der Waals surface area contributed by atoms with Crippen LogP contribution in [0.5, 0.6) is 0 Å². The van der Waals surface area contributed by atoms with E-state index in [1.165, 1.54) is 25.1 Å². The Morgan fingerprint density at radius 2 is 1.78 bits per heavy atom. The molecule has 148 valence electrons. The van der Waals surface area contributed by atoms with Crippen molar-refractivity contribution >= 4 is 47.0 Å². The van der Waals surface area contributed by atoms with E-state index in [2.05, 4.69) is 5.32 Å². The number of primary amides is 1. The first kappa shape index (κ1) is 22.7. The van der Waals surface area contributed by atoms with Crippen molar-refractivity contribution in [3.63, 3.8) is 0 Å². The smallest absolute Gasteiger partial charge is 0.329 e. The third kappa shape index (κ3) is 7.44. The number of nitrogens with one attached hydrogen (secondary N) is 2. The molecular formula is C17H21Cl2N3O5. The van der Waals surface area contributed by atoms with Gasteiger partial charge in [0.2, 0.25) is 0 Å². The van der Waals surface area contributed by atoms with Gasteiger partial charge in [0.15, 0.2) is 6.10 Å². The number of ether oxygens (including phenoxy) is 1. The summed E-state index contributed by atoms with van der Waals surface area (Å²) >= 11 is 11.8. The highest BCUT2D eigenvalue weighted by atomic mass is 35.5. The molecular weight excluding hydrogens is 397 g/mol. The molecule has 0 spiro atoms. The van der Waals surface area contributed by atoms with E-state index in [-0.39, 0.29) is 22.9 Å². The second kappa shape index (κ2) is 10.1. The van der Waals surface area contributed by atoms with Gasteiger partial charge in [0.05, 0.1) is 10.6 Å². The van der Waals surface area contributed by atoms with Gasteiger partial charge in [-0.2, -0.15) is 0 Å². The molecule has 0 saturated carbocycles. The molecule has 27 heavy (non-hydrogen) atoms. The van der Waals surface area contributed by atoms with Crippen LogP contribution in [0.25, 0.3) is 0 Å². The molecule has 4 N–H and O–H groups in total. The van der Waals surface area contributed by atoms with Gasteiger partial charge in [0, 0.05) is 5.02 Å². The van der Waals surface area contributed by atoms with E-state index in [9.17, 15) is 19.2 Å². The number of benzene rings is 1. The van der Waals surface area contributed by atoms with Crippen molar-refractivity contribution in [2.75, 3.05) is 0 Å². The number of nitrogens with two attached hydrogens (primary N) is 1. The lowest BCUT2D eigenvalue weighted by atomic mass is 10.0. The average Bonchev–Trinajstić information content (AvgIpc) is 2.52. The summed E-state index contributed by atoms with van der Waals surface area (Å²) in [4.78, 5) is 47.2. The maximum atomic E-state index is 12.5. The van der Waals surface area contributed by atoms with Gasteiger partial charge in [-0.1, -0.05) is 37.0 Å². The molecule has 0 aliphatic carbocycles. The Hall–Kier alpha value is -2.32. The zero-order valence-corrected chi connectivity index (χ0v) is 16.6. The number of rotatable bonds is 7. The third-order valence-electron chi connectivity index (χ3n) is 3.38. The van der Waals surface area contributed by atoms with Crippen molar-refractivity contribution < 1.29 is 23.9 Å². The molecule has 8 nitrogen and oxygen atoms in total. The predicted molar refractivity (Wildman–Crippen MR) is 100 cm³/mol. The molecule has 0 aliphatic rings. The largest absolute Gasteiger partial charge is 0.451 e. The van der Waals surface area contributed by atoms with E-state index in [4.69, 9.17) is 33.7 Å². The highest BCUT2D eigenvalue weighted by molar-refractivity contribution is 6.36. The summed E-state index contributed by atoms with van der Waals surface area (Å²) < 4.78 is 5.03. The van der Waals surface area contributed by atoms with Crippen LogP contribution in [0.2, 0.25) is 10.0 Å². The Morgan fingerprint density at radius 1 is 1.15 bits per heavy atom. The first-order valence-electron chi connectivity index (χ1n) is 8.08. The Labute approximate surface area is 166 Å². The summed E-state index contributed by atoms with van der Waals surface area (Å²) in [7, 11) is 0. The molecule has 10 heteroatoms. The Balaban J connectivity index is 2.88.